The lowest BCUT2D eigenvalue weighted by Crippen LogP contribution is -2.03. The second kappa shape index (κ2) is 10.9. The molecule has 0 aromatic heterocycles. The van der Waals surface area contributed by atoms with E-state index in [0.717, 1.165) is 42.4 Å². The van der Waals surface area contributed by atoms with Crippen molar-refractivity contribution in [2.24, 2.45) is 0 Å². The van der Waals surface area contributed by atoms with Crippen LogP contribution in [0.1, 0.15) is 47.1 Å². The summed E-state index contributed by atoms with van der Waals surface area (Å²) < 4.78 is 0. The molecule has 2 aliphatic carbocycles. The molecule has 0 aliphatic heterocycles. The predicted molar refractivity (Wildman–Crippen MR) is 163 cm³/mol. The van der Waals surface area contributed by atoms with Crippen LogP contribution in [0.5, 0.6) is 0 Å². The average Bonchev–Trinajstić information content (AvgIpc) is 3.01. The zero-order valence-electron chi connectivity index (χ0n) is 22.0. The predicted octanol–water partition coefficient (Wildman–Crippen LogP) is 9.22. The lowest BCUT2D eigenvalue weighted by atomic mass is 9.83. The molecule has 0 radical (unpaired) electrons. The molecule has 0 amide bonds. The highest BCUT2D eigenvalue weighted by molar-refractivity contribution is 5.99. The van der Waals surface area contributed by atoms with Gasteiger partial charge in [0.05, 0.1) is 6.07 Å². The van der Waals surface area contributed by atoms with Crippen molar-refractivity contribution in [3.05, 3.63) is 143 Å². The van der Waals surface area contributed by atoms with E-state index < -0.39 is 0 Å². The Hall–Kier alpha value is -4.74. The van der Waals surface area contributed by atoms with Crippen molar-refractivity contribution in [2.75, 3.05) is 0 Å². The van der Waals surface area contributed by atoms with Gasteiger partial charge in [0.2, 0.25) is 0 Å². The molecular weight excluding hydrogens is 472 g/mol. The topological polar surface area (TPSA) is 47.6 Å². The van der Waals surface area contributed by atoms with E-state index in [1.807, 2.05) is 36.4 Å². The van der Waals surface area contributed by atoms with E-state index in [2.05, 4.69) is 85.0 Å². The van der Waals surface area contributed by atoms with Crippen molar-refractivity contribution in [3.63, 3.8) is 0 Å². The summed E-state index contributed by atoms with van der Waals surface area (Å²) in [5.41, 5.74) is 13.8. The van der Waals surface area contributed by atoms with Crippen molar-refractivity contribution in [2.45, 2.75) is 32.1 Å². The number of hydrogen-bond acceptors (Lipinski definition) is 2. The third-order valence-corrected chi connectivity index (χ3v) is 7.81. The molecule has 0 atom stereocenters. The van der Waals surface area contributed by atoms with Gasteiger partial charge in [0.1, 0.15) is 0 Å². The Kier molecular flexibility index (Phi) is 6.89. The van der Waals surface area contributed by atoms with Crippen molar-refractivity contribution in [3.8, 4) is 28.3 Å². The summed E-state index contributed by atoms with van der Waals surface area (Å²) in [4.78, 5) is 0. The lowest BCUT2D eigenvalue weighted by Gasteiger charge is -2.21. The smallest absolute Gasteiger partial charge is 0.0947 e. The highest BCUT2D eigenvalue weighted by Gasteiger charge is 2.18. The third kappa shape index (κ3) is 5.17. The monoisotopic (exact) mass is 502 g/mol. The van der Waals surface area contributed by atoms with E-state index in [4.69, 9.17) is 10.7 Å². The second-order valence-corrected chi connectivity index (χ2v) is 10.3. The summed E-state index contributed by atoms with van der Waals surface area (Å²) in [5, 5.41) is 17.7. The van der Waals surface area contributed by atoms with Crippen LogP contribution in [0.2, 0.25) is 0 Å². The summed E-state index contributed by atoms with van der Waals surface area (Å²) in [6.45, 7) is 0. The highest BCUT2D eigenvalue weighted by Crippen LogP contribution is 2.40. The summed E-state index contributed by atoms with van der Waals surface area (Å²) >= 11 is 0. The number of allylic oxidation sites excluding steroid dienone is 5. The number of fused-ring (bicyclic) bond motifs is 1. The summed E-state index contributed by atoms with van der Waals surface area (Å²) in [6.07, 6.45) is 13.0. The van der Waals surface area contributed by atoms with Crippen LogP contribution >= 0.6 is 0 Å². The van der Waals surface area contributed by atoms with Gasteiger partial charge in [-0.2, -0.15) is 5.26 Å². The molecule has 2 nitrogen and oxygen atoms in total. The van der Waals surface area contributed by atoms with E-state index >= 15 is 0 Å². The summed E-state index contributed by atoms with van der Waals surface area (Å²) in [7, 11) is 0. The number of rotatable bonds is 6. The number of nitrogens with zero attached hydrogens (tertiary/aromatic N) is 1. The van der Waals surface area contributed by atoms with Gasteiger partial charge in [-0.25, -0.2) is 0 Å². The lowest BCUT2D eigenvalue weighted by molar-refractivity contribution is 0.988. The van der Waals surface area contributed by atoms with Crippen molar-refractivity contribution < 1.29 is 0 Å². The molecule has 0 saturated carbocycles. The molecule has 2 aliphatic rings. The van der Waals surface area contributed by atoms with Crippen LogP contribution in [-0.2, 0) is 12.8 Å². The Bertz CT molecular complexity index is 1660. The zero-order valence-corrected chi connectivity index (χ0v) is 22.0. The van der Waals surface area contributed by atoms with Crippen LogP contribution in [0.15, 0.2) is 115 Å². The van der Waals surface area contributed by atoms with Crippen LogP contribution in [0.25, 0.3) is 33.9 Å². The molecule has 1 N–H and O–H groups in total. The summed E-state index contributed by atoms with van der Waals surface area (Å²) in [5.74, 6) is 0. The van der Waals surface area contributed by atoms with Gasteiger partial charge < -0.3 is 5.41 Å². The maximum absolute atomic E-state index is 9.15. The van der Waals surface area contributed by atoms with E-state index in [-0.39, 0.29) is 0 Å². The average molecular weight is 503 g/mol. The van der Waals surface area contributed by atoms with E-state index in [0.29, 0.717) is 12.1 Å². The third-order valence-electron chi connectivity index (χ3n) is 7.81. The van der Waals surface area contributed by atoms with Gasteiger partial charge in [0.25, 0.3) is 0 Å². The van der Waals surface area contributed by atoms with Gasteiger partial charge in [-0.3, -0.25) is 0 Å². The van der Waals surface area contributed by atoms with Crippen LogP contribution in [0, 0.1) is 16.7 Å². The van der Waals surface area contributed by atoms with E-state index in [1.54, 1.807) is 0 Å². The molecule has 2 heteroatoms. The SMILES string of the molecule is N#CC1=CC=C(c2ccc(-c3ccc4c(c3-c3ccc(CC(=N)c5ccccc5)cc3)CCC=C4)cc2)CC1. The van der Waals surface area contributed by atoms with Crippen LogP contribution < -0.4 is 0 Å². The number of benzene rings is 4. The first-order valence-corrected chi connectivity index (χ1v) is 13.6. The fraction of sp³-hybridized carbons (Fsp3) is 0.135. The Balaban J connectivity index is 1.33. The maximum Gasteiger partial charge on any atom is 0.0947 e. The van der Waals surface area contributed by atoms with Gasteiger partial charge in [-0.1, -0.05) is 109 Å². The van der Waals surface area contributed by atoms with Crippen molar-refractivity contribution in [1.29, 1.82) is 10.7 Å². The Morgan fingerprint density at radius 1 is 0.744 bits per heavy atom. The highest BCUT2D eigenvalue weighted by atomic mass is 14.4. The molecule has 0 unspecified atom stereocenters. The molecule has 0 saturated heterocycles. The van der Waals surface area contributed by atoms with Gasteiger partial charge in [0.15, 0.2) is 0 Å². The first-order valence-electron chi connectivity index (χ1n) is 13.6. The molecule has 4 aromatic carbocycles. The Morgan fingerprint density at radius 2 is 1.49 bits per heavy atom. The molecule has 0 spiro atoms. The molecule has 0 heterocycles. The van der Waals surface area contributed by atoms with Gasteiger partial charge in [-0.05, 0) is 87.4 Å². The van der Waals surface area contributed by atoms with Crippen LogP contribution in [0.4, 0.5) is 0 Å². The first-order chi connectivity index (χ1) is 19.2. The van der Waals surface area contributed by atoms with Crippen LogP contribution in [0.3, 0.4) is 0 Å². The largest absolute Gasteiger partial charge is 0.304 e. The molecule has 0 bridgehead atoms. The fourth-order valence-electron chi connectivity index (χ4n) is 5.67. The standard InChI is InChI=1S/C37H30N2/c38-25-27-12-14-28(15-13-27)29-18-20-31(21-19-29)35-23-22-30-6-4-5-9-34(30)37(35)33-16-10-26(11-17-33)24-36(39)32-7-2-1-3-8-32/h1-4,6-8,10-12,14,16-23,39H,5,9,13,15,24H2. The van der Waals surface area contributed by atoms with E-state index in [1.165, 1.54) is 44.5 Å². The van der Waals surface area contributed by atoms with Gasteiger partial charge >= 0.3 is 0 Å². The minimum Gasteiger partial charge on any atom is -0.304 e. The first kappa shape index (κ1) is 24.6. The second-order valence-electron chi connectivity index (χ2n) is 10.3. The fourth-order valence-corrected chi connectivity index (χ4v) is 5.67. The molecular formula is C37H30N2. The van der Waals surface area contributed by atoms with E-state index in [9.17, 15) is 0 Å². The number of nitrogens with one attached hydrogen (secondary N) is 1. The van der Waals surface area contributed by atoms with Crippen molar-refractivity contribution in [1.82, 2.24) is 0 Å². The van der Waals surface area contributed by atoms with Crippen LogP contribution in [-0.4, -0.2) is 5.71 Å². The zero-order chi connectivity index (χ0) is 26.6. The maximum atomic E-state index is 9.15. The normalized spacial score (nSPS) is 14.1. The Labute approximate surface area is 230 Å². The Morgan fingerprint density at radius 3 is 2.21 bits per heavy atom. The molecule has 6 rings (SSSR count). The number of nitriles is 1. The van der Waals surface area contributed by atoms with Gasteiger partial charge in [-0.15, -0.1) is 0 Å². The molecule has 4 aromatic rings. The van der Waals surface area contributed by atoms with Gasteiger partial charge in [0, 0.05) is 17.7 Å². The minimum atomic E-state index is 0.620. The summed E-state index contributed by atoms with van der Waals surface area (Å²) in [6, 6.07) is 34.5. The molecule has 188 valence electrons. The quantitative estimate of drug-likeness (QED) is 0.262. The molecule has 39 heavy (non-hydrogen) atoms. The molecule has 0 fully saturated rings. The number of hydrogen-bond donors (Lipinski definition) is 1. The minimum absolute atomic E-state index is 0.620. The van der Waals surface area contributed by atoms with Crippen molar-refractivity contribution >= 4 is 17.4 Å².